The van der Waals surface area contributed by atoms with E-state index in [4.69, 9.17) is 16.0 Å². The van der Waals surface area contributed by atoms with E-state index in [1.54, 1.807) is 36.6 Å². The van der Waals surface area contributed by atoms with E-state index >= 15 is 0 Å². The summed E-state index contributed by atoms with van der Waals surface area (Å²) in [5.41, 5.74) is 0.259. The first kappa shape index (κ1) is 19.5. The van der Waals surface area contributed by atoms with E-state index in [1.165, 1.54) is 0 Å². The fourth-order valence-electron chi connectivity index (χ4n) is 2.16. The summed E-state index contributed by atoms with van der Waals surface area (Å²) < 4.78 is 31.9. The lowest BCUT2D eigenvalue weighted by molar-refractivity contribution is 0.102. The average molecular weight is 427 g/mol. The van der Waals surface area contributed by atoms with E-state index < -0.39 is 15.9 Å². The van der Waals surface area contributed by atoms with Crippen molar-refractivity contribution >= 4 is 44.0 Å². The van der Waals surface area contributed by atoms with Gasteiger partial charge in [0.25, 0.3) is 15.9 Å². The van der Waals surface area contributed by atoms with Gasteiger partial charge in [-0.3, -0.25) is 10.1 Å². The molecule has 8 nitrogen and oxygen atoms in total. The molecule has 0 atom stereocenters. The van der Waals surface area contributed by atoms with Gasteiger partial charge in [-0.1, -0.05) is 35.1 Å². The third kappa shape index (κ3) is 5.13. The summed E-state index contributed by atoms with van der Waals surface area (Å²) in [5.74, 6) is 0.293. The molecular weight excluding hydrogens is 412 g/mol. The maximum atomic E-state index is 12.3. The standard InChI is InChI=1S/C16H15ClN4O4S2/c17-13-8-2-1-7-12(13)14(22)19-15-20-21-16(26-15)27(23,24)18-9-3-5-11-6-4-10-25-11/h1-2,4,6-8,10,18H,3,5,9H2,(H,19,20,22). The molecule has 0 spiro atoms. The minimum absolute atomic E-state index is 0.0656. The maximum Gasteiger partial charge on any atom is 0.269 e. The Kier molecular flexibility index (Phi) is 6.22. The number of nitrogens with zero attached hydrogens (tertiary/aromatic N) is 2. The number of rotatable bonds is 8. The van der Waals surface area contributed by atoms with Crippen molar-refractivity contribution in [1.29, 1.82) is 0 Å². The van der Waals surface area contributed by atoms with Gasteiger partial charge >= 0.3 is 0 Å². The first-order chi connectivity index (χ1) is 13.0. The van der Waals surface area contributed by atoms with Crippen LogP contribution in [0.15, 0.2) is 51.4 Å². The van der Waals surface area contributed by atoms with E-state index in [0.29, 0.717) is 12.8 Å². The summed E-state index contributed by atoms with van der Waals surface area (Å²) in [5, 5.41) is 10.2. The molecule has 3 aromatic rings. The summed E-state index contributed by atoms with van der Waals surface area (Å²) in [4.78, 5) is 12.2. The van der Waals surface area contributed by atoms with Crippen LogP contribution in [0.4, 0.5) is 5.13 Å². The van der Waals surface area contributed by atoms with Crippen LogP contribution in [-0.4, -0.2) is 31.1 Å². The van der Waals surface area contributed by atoms with Crippen LogP contribution in [-0.2, 0) is 16.4 Å². The second-order valence-electron chi connectivity index (χ2n) is 5.39. The van der Waals surface area contributed by atoms with Crippen molar-refractivity contribution < 1.29 is 17.6 Å². The van der Waals surface area contributed by atoms with Gasteiger partial charge in [-0.25, -0.2) is 13.1 Å². The molecule has 0 aliphatic heterocycles. The van der Waals surface area contributed by atoms with E-state index in [0.717, 1.165) is 17.1 Å². The monoisotopic (exact) mass is 426 g/mol. The predicted octanol–water partition coefficient (Wildman–Crippen LogP) is 2.95. The number of carbonyl (C=O) groups excluding carboxylic acids is 1. The molecule has 0 fully saturated rings. The number of furan rings is 1. The van der Waals surface area contributed by atoms with Crippen LogP contribution in [0.25, 0.3) is 0 Å². The Morgan fingerprint density at radius 1 is 1.19 bits per heavy atom. The van der Waals surface area contributed by atoms with Crippen molar-refractivity contribution in [3.8, 4) is 0 Å². The van der Waals surface area contributed by atoms with Crippen molar-refractivity contribution in [3.05, 3.63) is 59.0 Å². The Hall–Kier alpha value is -2.27. The third-order valence-electron chi connectivity index (χ3n) is 3.45. The van der Waals surface area contributed by atoms with Crippen LogP contribution in [0.5, 0.6) is 0 Å². The van der Waals surface area contributed by atoms with Gasteiger partial charge in [0, 0.05) is 13.0 Å². The number of aryl methyl sites for hydroxylation is 1. The van der Waals surface area contributed by atoms with Crippen LogP contribution in [0.1, 0.15) is 22.5 Å². The van der Waals surface area contributed by atoms with Gasteiger partial charge in [-0.2, -0.15) is 0 Å². The number of aromatic nitrogens is 2. The molecule has 0 unspecified atom stereocenters. The van der Waals surface area contributed by atoms with Crippen LogP contribution >= 0.6 is 22.9 Å². The van der Waals surface area contributed by atoms with Gasteiger partial charge in [0.2, 0.25) is 9.47 Å². The lowest BCUT2D eigenvalue weighted by Crippen LogP contribution is -2.25. The second kappa shape index (κ2) is 8.61. The van der Waals surface area contributed by atoms with Crippen molar-refractivity contribution in [3.63, 3.8) is 0 Å². The van der Waals surface area contributed by atoms with Crippen molar-refractivity contribution in [2.45, 2.75) is 17.2 Å². The Labute approximate surface area is 164 Å². The first-order valence-electron chi connectivity index (χ1n) is 7.87. The number of benzene rings is 1. The zero-order valence-electron chi connectivity index (χ0n) is 13.9. The van der Waals surface area contributed by atoms with Crippen molar-refractivity contribution in [2.24, 2.45) is 0 Å². The number of hydrogen-bond donors (Lipinski definition) is 2. The number of anilines is 1. The molecule has 0 saturated carbocycles. The average Bonchev–Trinajstić information content (AvgIpc) is 3.31. The van der Waals surface area contributed by atoms with E-state index in [2.05, 4.69) is 20.2 Å². The highest BCUT2D eigenvalue weighted by Crippen LogP contribution is 2.22. The van der Waals surface area contributed by atoms with Gasteiger partial charge in [-0.05, 0) is 30.7 Å². The summed E-state index contributed by atoms with van der Waals surface area (Å²) in [6, 6.07) is 10.1. The molecule has 0 bridgehead atoms. The zero-order valence-corrected chi connectivity index (χ0v) is 16.3. The highest BCUT2D eigenvalue weighted by Gasteiger charge is 2.21. The number of carbonyl (C=O) groups is 1. The summed E-state index contributed by atoms with van der Waals surface area (Å²) in [6.45, 7) is 0.226. The molecule has 0 radical (unpaired) electrons. The van der Waals surface area contributed by atoms with Crippen molar-refractivity contribution in [2.75, 3.05) is 11.9 Å². The van der Waals surface area contributed by atoms with Crippen LogP contribution in [0.2, 0.25) is 5.02 Å². The smallest absolute Gasteiger partial charge is 0.269 e. The van der Waals surface area contributed by atoms with Crippen molar-refractivity contribution in [1.82, 2.24) is 14.9 Å². The minimum atomic E-state index is -3.80. The largest absolute Gasteiger partial charge is 0.469 e. The lowest BCUT2D eigenvalue weighted by Gasteiger charge is -2.03. The topological polar surface area (TPSA) is 114 Å². The van der Waals surface area contributed by atoms with E-state index in [9.17, 15) is 13.2 Å². The molecule has 2 heterocycles. The Balaban J connectivity index is 1.57. The normalized spacial score (nSPS) is 11.4. The number of halogens is 1. The SMILES string of the molecule is O=C(Nc1nnc(S(=O)(=O)NCCCc2ccco2)s1)c1ccccc1Cl. The molecule has 11 heteroatoms. The lowest BCUT2D eigenvalue weighted by atomic mass is 10.2. The van der Waals surface area contributed by atoms with Gasteiger partial charge in [-0.15, -0.1) is 10.2 Å². The first-order valence-corrected chi connectivity index (χ1v) is 10.5. The summed E-state index contributed by atoms with van der Waals surface area (Å²) >= 11 is 6.72. The number of hydrogen-bond acceptors (Lipinski definition) is 7. The maximum absolute atomic E-state index is 12.3. The molecule has 3 rings (SSSR count). The predicted molar refractivity (Wildman–Crippen MR) is 102 cm³/mol. The van der Waals surface area contributed by atoms with Gasteiger partial charge in [0.1, 0.15) is 5.76 Å². The Bertz CT molecular complexity index is 1020. The minimum Gasteiger partial charge on any atom is -0.469 e. The molecule has 142 valence electrons. The third-order valence-corrected chi connectivity index (χ3v) is 6.44. The molecule has 1 amide bonds. The molecule has 1 aromatic carbocycles. The fraction of sp³-hybridized carbons (Fsp3) is 0.188. The number of amides is 1. The number of sulfonamides is 1. The molecular formula is C16H15ClN4O4S2. The Morgan fingerprint density at radius 2 is 2.00 bits per heavy atom. The molecule has 2 aromatic heterocycles. The Morgan fingerprint density at radius 3 is 2.74 bits per heavy atom. The highest BCUT2D eigenvalue weighted by atomic mass is 35.5. The quantitative estimate of drug-likeness (QED) is 0.422. The van der Waals surface area contributed by atoms with Crippen LogP contribution in [0.3, 0.4) is 0 Å². The molecule has 0 aliphatic rings. The van der Waals surface area contributed by atoms with Gasteiger partial charge in [0.05, 0.1) is 16.8 Å². The zero-order chi connectivity index (χ0) is 19.3. The number of nitrogens with one attached hydrogen (secondary N) is 2. The highest BCUT2D eigenvalue weighted by molar-refractivity contribution is 7.91. The van der Waals surface area contributed by atoms with Crippen LogP contribution in [0, 0.1) is 0 Å². The van der Waals surface area contributed by atoms with Gasteiger partial charge in [0.15, 0.2) is 0 Å². The summed E-state index contributed by atoms with van der Waals surface area (Å²) in [6.07, 6.45) is 2.76. The second-order valence-corrected chi connectivity index (χ2v) is 8.71. The molecule has 0 aliphatic carbocycles. The molecule has 2 N–H and O–H groups in total. The van der Waals surface area contributed by atoms with E-state index in [1.807, 2.05) is 6.07 Å². The van der Waals surface area contributed by atoms with E-state index in [-0.39, 0.29) is 26.6 Å². The van der Waals surface area contributed by atoms with Gasteiger partial charge < -0.3 is 4.42 Å². The summed E-state index contributed by atoms with van der Waals surface area (Å²) in [7, 11) is -3.80. The molecule has 27 heavy (non-hydrogen) atoms. The fourth-order valence-corrected chi connectivity index (χ4v) is 4.40. The van der Waals surface area contributed by atoms with Crippen LogP contribution < -0.4 is 10.0 Å². The molecule has 0 saturated heterocycles.